The lowest BCUT2D eigenvalue weighted by Crippen LogP contribution is -2.40. The van der Waals surface area contributed by atoms with E-state index in [1.165, 1.54) is 5.57 Å². The summed E-state index contributed by atoms with van der Waals surface area (Å²) in [5, 5.41) is 2.97. The summed E-state index contributed by atoms with van der Waals surface area (Å²) in [5.41, 5.74) is 1.20. The van der Waals surface area contributed by atoms with Gasteiger partial charge in [0.25, 0.3) is 0 Å². The van der Waals surface area contributed by atoms with E-state index in [2.05, 4.69) is 37.4 Å². The topological polar surface area (TPSA) is 70.7 Å². The quantitative estimate of drug-likeness (QED) is 0.768. The molecule has 0 radical (unpaired) electrons. The first kappa shape index (κ1) is 11.8. The number of rotatable bonds is 3. The molecule has 98 valence electrons. The van der Waals surface area contributed by atoms with Gasteiger partial charge in [-0.15, -0.1) is 0 Å². The highest BCUT2D eigenvalue weighted by Gasteiger charge is 2.26. The zero-order valence-electron chi connectivity index (χ0n) is 10.7. The van der Waals surface area contributed by atoms with E-state index >= 15 is 0 Å². The fourth-order valence-corrected chi connectivity index (χ4v) is 2.20. The molecule has 3 rings (SSSR count). The summed E-state index contributed by atoms with van der Waals surface area (Å²) in [6.07, 6.45) is 9.14. The molecule has 0 bridgehead atoms. The first-order valence-corrected chi connectivity index (χ1v) is 6.21. The third-order valence-electron chi connectivity index (χ3n) is 3.23. The van der Waals surface area contributed by atoms with Crippen LogP contribution in [0.3, 0.4) is 0 Å². The van der Waals surface area contributed by atoms with E-state index in [-0.39, 0.29) is 6.04 Å². The second-order valence-corrected chi connectivity index (χ2v) is 4.37. The van der Waals surface area contributed by atoms with E-state index in [4.69, 9.17) is 4.74 Å². The maximum absolute atomic E-state index is 5.39. The molecule has 1 aliphatic carbocycles. The van der Waals surface area contributed by atoms with Crippen LogP contribution in [0, 0.1) is 0 Å². The van der Waals surface area contributed by atoms with Gasteiger partial charge in [0.05, 0.1) is 20.0 Å². The van der Waals surface area contributed by atoms with Crippen LogP contribution in [0.2, 0.25) is 0 Å². The Bertz CT molecular complexity index is 553. The minimum Gasteiger partial charge on any atom is -0.501 e. The van der Waals surface area contributed by atoms with Crippen LogP contribution in [-0.4, -0.2) is 44.0 Å². The first-order valence-electron chi connectivity index (χ1n) is 6.21. The monoisotopic (exact) mass is 257 g/mol. The van der Waals surface area contributed by atoms with Crippen molar-refractivity contribution in [2.45, 2.75) is 18.9 Å². The van der Waals surface area contributed by atoms with Crippen LogP contribution in [0.1, 0.15) is 12.8 Å². The van der Waals surface area contributed by atoms with E-state index in [1.807, 2.05) is 0 Å². The predicted molar refractivity (Wildman–Crippen MR) is 76.1 cm³/mol. The average Bonchev–Trinajstić information content (AvgIpc) is 2.94. The number of aliphatic imine (C=N–C) groups is 4. The third kappa shape index (κ3) is 2.33. The number of ether oxygens (including phenoxy) is 1. The third-order valence-corrected chi connectivity index (χ3v) is 3.23. The molecule has 19 heavy (non-hydrogen) atoms. The minimum atomic E-state index is -0.171. The number of hydrogen-bond donors (Lipinski definition) is 1. The molecule has 1 N–H and O–H groups in total. The fraction of sp³-hybridized carbons (Fsp3) is 0.385. The Balaban J connectivity index is 1.77. The van der Waals surface area contributed by atoms with E-state index < -0.39 is 0 Å². The van der Waals surface area contributed by atoms with Crippen molar-refractivity contribution >= 4 is 24.3 Å². The molecule has 1 atom stereocenters. The van der Waals surface area contributed by atoms with Gasteiger partial charge in [0, 0.05) is 6.42 Å². The summed E-state index contributed by atoms with van der Waals surface area (Å²) in [7, 11) is 1.70. The molecule has 1 unspecified atom stereocenters. The van der Waals surface area contributed by atoms with Gasteiger partial charge in [0.2, 0.25) is 0 Å². The number of allylic oxidation sites excluding steroid dienone is 2. The highest BCUT2D eigenvalue weighted by Crippen LogP contribution is 2.20. The summed E-state index contributed by atoms with van der Waals surface area (Å²) >= 11 is 0. The molecule has 0 amide bonds. The number of methoxy groups -OCH3 is 1. The molecule has 0 aromatic heterocycles. The molecule has 2 aliphatic heterocycles. The Hall–Kier alpha value is -2.24. The van der Waals surface area contributed by atoms with Crippen LogP contribution in [0.4, 0.5) is 0 Å². The molecule has 0 saturated heterocycles. The zero-order valence-corrected chi connectivity index (χ0v) is 10.7. The van der Waals surface area contributed by atoms with Crippen molar-refractivity contribution in [1.82, 2.24) is 5.32 Å². The smallest absolute Gasteiger partial charge is 0.168 e. The Morgan fingerprint density at radius 2 is 2.32 bits per heavy atom. The SMILES string of the molecule is COC1=C(CN=C2N=CNC3=NC=NC23)CC=CC1. The van der Waals surface area contributed by atoms with Gasteiger partial charge in [0.1, 0.15) is 17.9 Å². The number of amidine groups is 2. The van der Waals surface area contributed by atoms with Crippen LogP contribution in [0.25, 0.3) is 0 Å². The summed E-state index contributed by atoms with van der Waals surface area (Å²) < 4.78 is 5.39. The lowest BCUT2D eigenvalue weighted by Gasteiger charge is -2.17. The summed E-state index contributed by atoms with van der Waals surface area (Å²) in [5.74, 6) is 2.50. The molecule has 0 spiro atoms. The van der Waals surface area contributed by atoms with E-state index in [0.717, 1.165) is 24.4 Å². The van der Waals surface area contributed by atoms with Gasteiger partial charge in [-0.1, -0.05) is 12.2 Å². The Morgan fingerprint density at radius 3 is 3.21 bits per heavy atom. The van der Waals surface area contributed by atoms with Crippen LogP contribution in [0.15, 0.2) is 43.5 Å². The predicted octanol–water partition coefficient (Wildman–Crippen LogP) is 1.08. The standard InChI is InChI=1S/C13H15N5O/c1-19-10-5-3-2-4-9(10)6-14-12-11-13(16-7-15-11)18-8-17-12/h2-3,7-8,11H,4-6H2,1H3,(H,14,15,16,17,18). The molecule has 2 heterocycles. The molecular formula is C13H15N5O. The second-order valence-electron chi connectivity index (χ2n) is 4.37. The Morgan fingerprint density at radius 1 is 1.42 bits per heavy atom. The lowest BCUT2D eigenvalue weighted by atomic mass is 10.0. The van der Waals surface area contributed by atoms with Crippen LogP contribution in [-0.2, 0) is 4.74 Å². The van der Waals surface area contributed by atoms with Crippen LogP contribution in [0.5, 0.6) is 0 Å². The second kappa shape index (κ2) is 5.17. The van der Waals surface area contributed by atoms with Crippen molar-refractivity contribution in [3.8, 4) is 0 Å². The van der Waals surface area contributed by atoms with Gasteiger partial charge in [-0.05, 0) is 12.0 Å². The summed E-state index contributed by atoms with van der Waals surface area (Å²) in [6, 6.07) is -0.171. The molecule has 0 aromatic rings. The zero-order chi connectivity index (χ0) is 13.1. The van der Waals surface area contributed by atoms with Gasteiger partial charge >= 0.3 is 0 Å². The van der Waals surface area contributed by atoms with Crippen molar-refractivity contribution in [1.29, 1.82) is 0 Å². The molecule has 6 heteroatoms. The van der Waals surface area contributed by atoms with Crippen molar-refractivity contribution in [2.24, 2.45) is 20.0 Å². The van der Waals surface area contributed by atoms with Crippen molar-refractivity contribution in [2.75, 3.05) is 13.7 Å². The minimum absolute atomic E-state index is 0.171. The van der Waals surface area contributed by atoms with Crippen LogP contribution < -0.4 is 5.32 Å². The molecule has 0 fully saturated rings. The van der Waals surface area contributed by atoms with Gasteiger partial charge in [-0.25, -0.2) is 9.98 Å². The average molecular weight is 257 g/mol. The van der Waals surface area contributed by atoms with Crippen LogP contribution >= 0.6 is 0 Å². The maximum atomic E-state index is 5.39. The molecule has 6 nitrogen and oxygen atoms in total. The number of nitrogens with zero attached hydrogens (tertiary/aromatic N) is 4. The maximum Gasteiger partial charge on any atom is 0.168 e. The van der Waals surface area contributed by atoms with Gasteiger partial charge in [0.15, 0.2) is 11.9 Å². The normalized spacial score (nSPS) is 26.5. The number of fused-ring (bicyclic) bond motifs is 1. The van der Waals surface area contributed by atoms with Gasteiger partial charge < -0.3 is 10.1 Å². The van der Waals surface area contributed by atoms with Gasteiger partial charge in [-0.3, -0.25) is 9.98 Å². The Labute approximate surface area is 111 Å². The van der Waals surface area contributed by atoms with E-state index in [1.54, 1.807) is 19.8 Å². The van der Waals surface area contributed by atoms with Crippen molar-refractivity contribution < 1.29 is 4.74 Å². The highest BCUT2D eigenvalue weighted by molar-refractivity contribution is 6.21. The lowest BCUT2D eigenvalue weighted by molar-refractivity contribution is 0.277. The molecule has 0 saturated carbocycles. The van der Waals surface area contributed by atoms with Crippen molar-refractivity contribution in [3.63, 3.8) is 0 Å². The van der Waals surface area contributed by atoms with E-state index in [0.29, 0.717) is 12.4 Å². The molecule has 3 aliphatic rings. The fourth-order valence-electron chi connectivity index (χ4n) is 2.20. The van der Waals surface area contributed by atoms with Crippen molar-refractivity contribution in [3.05, 3.63) is 23.5 Å². The molecular weight excluding hydrogens is 242 g/mol. The summed E-state index contributed by atoms with van der Waals surface area (Å²) in [6.45, 7) is 0.597. The molecule has 0 aromatic carbocycles. The number of hydrogen-bond acceptors (Lipinski definition) is 5. The number of nitrogens with one attached hydrogen (secondary N) is 1. The highest BCUT2D eigenvalue weighted by atomic mass is 16.5. The summed E-state index contributed by atoms with van der Waals surface area (Å²) in [4.78, 5) is 17.2. The van der Waals surface area contributed by atoms with E-state index in [9.17, 15) is 0 Å². The Kier molecular flexibility index (Phi) is 3.22. The van der Waals surface area contributed by atoms with Gasteiger partial charge in [-0.2, -0.15) is 0 Å². The largest absolute Gasteiger partial charge is 0.501 e. The first-order chi connectivity index (χ1) is 9.38.